The number of hydrogen-bond donors (Lipinski definition) is 0. The molecule has 1 rings (SSSR count). The Kier molecular flexibility index (Phi) is 5.83. The van der Waals surface area contributed by atoms with Gasteiger partial charge in [0.1, 0.15) is 0 Å². The largest absolute Gasteiger partial charge is 0.376 e. The molecule has 0 bridgehead atoms. The third kappa shape index (κ3) is 5.65. The number of allylic oxidation sites excluding steroid dienone is 1. The third-order valence-corrected chi connectivity index (χ3v) is 5.74. The van der Waals surface area contributed by atoms with Crippen LogP contribution in [0.4, 0.5) is 0 Å². The minimum absolute atomic E-state index is 0.500. The van der Waals surface area contributed by atoms with Gasteiger partial charge in [0.15, 0.2) is 0 Å². The molecular weight excluding hydrogens is 236 g/mol. The second-order valence-electron chi connectivity index (χ2n) is 6.08. The molecule has 0 amide bonds. The Hall–Kier alpha value is -0.863. The Balaban J connectivity index is 2.36. The molecular formula is C16H26OSi. The van der Waals surface area contributed by atoms with Gasteiger partial charge in [-0.2, -0.15) is 0 Å². The van der Waals surface area contributed by atoms with E-state index in [0.29, 0.717) is 12.5 Å². The van der Waals surface area contributed by atoms with Crippen LogP contribution in [0.5, 0.6) is 0 Å². The van der Waals surface area contributed by atoms with E-state index in [1.54, 1.807) is 5.20 Å². The van der Waals surface area contributed by atoms with E-state index in [1.807, 2.05) is 6.07 Å². The average molecular weight is 262 g/mol. The van der Waals surface area contributed by atoms with Gasteiger partial charge in [-0.05, 0) is 18.4 Å². The van der Waals surface area contributed by atoms with Gasteiger partial charge in [0.2, 0.25) is 0 Å². The Morgan fingerprint density at radius 3 is 2.39 bits per heavy atom. The van der Waals surface area contributed by atoms with Crippen molar-refractivity contribution in [1.29, 1.82) is 0 Å². The molecule has 0 saturated heterocycles. The maximum absolute atomic E-state index is 5.77. The Labute approximate surface area is 113 Å². The third-order valence-electron chi connectivity index (χ3n) is 3.21. The predicted molar refractivity (Wildman–Crippen MR) is 82.4 cm³/mol. The van der Waals surface area contributed by atoms with Gasteiger partial charge in [0, 0.05) is 0 Å². The second kappa shape index (κ2) is 6.91. The highest BCUT2D eigenvalue weighted by Gasteiger charge is 2.15. The topological polar surface area (TPSA) is 9.23 Å². The highest BCUT2D eigenvalue weighted by molar-refractivity contribution is 6.82. The van der Waals surface area contributed by atoms with Crippen molar-refractivity contribution in [3.8, 4) is 0 Å². The van der Waals surface area contributed by atoms with Crippen LogP contribution in [0.25, 0.3) is 0 Å². The predicted octanol–water partition coefficient (Wildman–Crippen LogP) is 4.66. The van der Waals surface area contributed by atoms with Crippen LogP contribution in [0.15, 0.2) is 41.6 Å². The monoisotopic (exact) mass is 262 g/mol. The van der Waals surface area contributed by atoms with Crippen LogP contribution in [-0.2, 0) is 11.3 Å². The van der Waals surface area contributed by atoms with E-state index < -0.39 is 8.07 Å². The lowest BCUT2D eigenvalue weighted by Crippen LogP contribution is -2.23. The summed E-state index contributed by atoms with van der Waals surface area (Å²) in [6.07, 6.45) is 2.39. The highest BCUT2D eigenvalue weighted by atomic mass is 28.3. The van der Waals surface area contributed by atoms with Gasteiger partial charge in [0.05, 0.1) is 21.3 Å². The molecule has 1 atom stereocenters. The molecule has 0 aromatic heterocycles. The summed E-state index contributed by atoms with van der Waals surface area (Å²) < 4.78 is 5.77. The van der Waals surface area contributed by atoms with Crippen molar-refractivity contribution >= 4 is 8.07 Å². The van der Waals surface area contributed by atoms with Crippen molar-refractivity contribution in [2.45, 2.75) is 40.1 Å². The fourth-order valence-corrected chi connectivity index (χ4v) is 2.45. The molecule has 0 saturated carbocycles. The van der Waals surface area contributed by atoms with Crippen molar-refractivity contribution in [1.82, 2.24) is 0 Å². The fourth-order valence-electron chi connectivity index (χ4n) is 1.66. The van der Waals surface area contributed by atoms with Gasteiger partial charge in [-0.1, -0.05) is 68.2 Å². The number of ether oxygens (including phenoxy) is 1. The quantitative estimate of drug-likeness (QED) is 0.677. The number of benzene rings is 1. The van der Waals surface area contributed by atoms with Crippen LogP contribution in [0.3, 0.4) is 0 Å². The van der Waals surface area contributed by atoms with Crippen molar-refractivity contribution in [3.63, 3.8) is 0 Å². The second-order valence-corrected chi connectivity index (χ2v) is 11.4. The van der Waals surface area contributed by atoms with E-state index in [2.05, 4.69) is 63.8 Å². The molecule has 0 unspecified atom stereocenters. The molecule has 0 radical (unpaired) electrons. The molecule has 0 aliphatic heterocycles. The van der Waals surface area contributed by atoms with Gasteiger partial charge in [-0.15, -0.1) is 0 Å². The summed E-state index contributed by atoms with van der Waals surface area (Å²) in [5.74, 6) is 0.500. The summed E-state index contributed by atoms with van der Waals surface area (Å²) >= 11 is 0. The summed E-state index contributed by atoms with van der Waals surface area (Å²) in [7, 11) is -1.12. The normalized spacial score (nSPS) is 14.6. The molecule has 0 aliphatic carbocycles. The van der Waals surface area contributed by atoms with Gasteiger partial charge in [-0.25, -0.2) is 0 Å². The first-order valence-electron chi connectivity index (χ1n) is 6.70. The maximum atomic E-state index is 5.77. The van der Waals surface area contributed by atoms with Crippen molar-refractivity contribution in [3.05, 3.63) is 47.2 Å². The van der Waals surface area contributed by atoms with Crippen LogP contribution in [0.2, 0.25) is 19.6 Å². The summed E-state index contributed by atoms with van der Waals surface area (Å²) in [5, 5.41) is 1.57. The minimum Gasteiger partial charge on any atom is -0.376 e. The molecule has 100 valence electrons. The lowest BCUT2D eigenvalue weighted by molar-refractivity contribution is 0.104. The van der Waals surface area contributed by atoms with Crippen molar-refractivity contribution in [2.75, 3.05) is 6.61 Å². The van der Waals surface area contributed by atoms with Gasteiger partial charge in [-0.3, -0.25) is 0 Å². The van der Waals surface area contributed by atoms with Crippen LogP contribution in [-0.4, -0.2) is 14.7 Å². The molecule has 1 aromatic carbocycles. The standard InChI is InChI=1S/C16H26OSi/c1-14(11-15(2)18(3,4)5)12-17-13-16-9-7-6-8-10-16/h6-11,14H,12-13H2,1-5H3/b15-11-/t14-/m1/s1. The zero-order chi connectivity index (χ0) is 13.6. The molecule has 0 N–H and O–H groups in total. The molecule has 1 nitrogen and oxygen atoms in total. The van der Waals surface area contributed by atoms with E-state index in [-0.39, 0.29) is 0 Å². The zero-order valence-electron chi connectivity index (χ0n) is 12.4. The van der Waals surface area contributed by atoms with Crippen LogP contribution in [0, 0.1) is 5.92 Å². The summed E-state index contributed by atoms with van der Waals surface area (Å²) in [6, 6.07) is 10.3. The minimum atomic E-state index is -1.12. The smallest absolute Gasteiger partial charge is 0.0717 e. The highest BCUT2D eigenvalue weighted by Crippen LogP contribution is 2.16. The van der Waals surface area contributed by atoms with Crippen LogP contribution < -0.4 is 0 Å². The molecule has 0 fully saturated rings. The van der Waals surface area contributed by atoms with Gasteiger partial charge < -0.3 is 4.74 Å². The summed E-state index contributed by atoms with van der Waals surface area (Å²) in [4.78, 5) is 0. The Bertz CT molecular complexity index is 376. The molecule has 0 aliphatic rings. The van der Waals surface area contributed by atoms with Gasteiger partial charge in [0.25, 0.3) is 0 Å². The van der Waals surface area contributed by atoms with E-state index >= 15 is 0 Å². The number of rotatable bonds is 6. The van der Waals surface area contributed by atoms with E-state index in [4.69, 9.17) is 4.74 Å². The first-order valence-corrected chi connectivity index (χ1v) is 10.2. The van der Waals surface area contributed by atoms with E-state index in [0.717, 1.165) is 6.61 Å². The SMILES string of the molecule is C/C(=C/[C@@H](C)COCc1ccccc1)[Si](C)(C)C. The maximum Gasteiger partial charge on any atom is 0.0717 e. The van der Waals surface area contributed by atoms with E-state index in [1.165, 1.54) is 5.56 Å². The summed E-state index contributed by atoms with van der Waals surface area (Å²) in [6.45, 7) is 13.2. The van der Waals surface area contributed by atoms with Crippen LogP contribution in [0.1, 0.15) is 19.4 Å². The van der Waals surface area contributed by atoms with Crippen molar-refractivity contribution in [2.24, 2.45) is 5.92 Å². The molecule has 0 heterocycles. The summed E-state index contributed by atoms with van der Waals surface area (Å²) in [5.41, 5.74) is 1.25. The van der Waals surface area contributed by atoms with Crippen molar-refractivity contribution < 1.29 is 4.74 Å². The molecule has 18 heavy (non-hydrogen) atoms. The Morgan fingerprint density at radius 2 is 1.83 bits per heavy atom. The first-order chi connectivity index (χ1) is 8.39. The average Bonchev–Trinajstić information content (AvgIpc) is 2.29. The molecule has 1 aromatic rings. The van der Waals surface area contributed by atoms with Gasteiger partial charge >= 0.3 is 0 Å². The van der Waals surface area contributed by atoms with E-state index in [9.17, 15) is 0 Å². The first kappa shape index (κ1) is 15.2. The zero-order valence-corrected chi connectivity index (χ0v) is 13.4. The lowest BCUT2D eigenvalue weighted by atomic mass is 10.2. The van der Waals surface area contributed by atoms with Crippen LogP contribution >= 0.6 is 0 Å². The molecule has 0 spiro atoms. The lowest BCUT2D eigenvalue weighted by Gasteiger charge is -2.19. The Morgan fingerprint density at radius 1 is 1.22 bits per heavy atom. The number of hydrogen-bond acceptors (Lipinski definition) is 1. The fraction of sp³-hybridized carbons (Fsp3) is 0.500. The molecule has 2 heteroatoms.